The van der Waals surface area contributed by atoms with Crippen molar-refractivity contribution in [1.29, 1.82) is 0 Å². The lowest BCUT2D eigenvalue weighted by molar-refractivity contribution is 0.0583. The van der Waals surface area contributed by atoms with E-state index in [-0.39, 0.29) is 11.9 Å². The summed E-state index contributed by atoms with van der Waals surface area (Å²) in [4.78, 5) is 14.5. The van der Waals surface area contributed by atoms with Crippen LogP contribution >= 0.6 is 15.9 Å². The van der Waals surface area contributed by atoms with Crippen molar-refractivity contribution in [2.45, 2.75) is 31.8 Å². The molecule has 5 nitrogen and oxygen atoms in total. The molecule has 1 saturated heterocycles. The van der Waals surface area contributed by atoms with Crippen LogP contribution in [0, 0.1) is 0 Å². The highest BCUT2D eigenvalue weighted by atomic mass is 79.9. The average molecular weight is 338 g/mol. The number of aromatic nitrogens is 2. The Balaban J connectivity index is 1.76. The molecular formula is C14H16BrN3O2. The number of nitrogens with zero attached hydrogens (tertiary/aromatic N) is 3. The van der Waals surface area contributed by atoms with E-state index in [9.17, 15) is 4.79 Å². The van der Waals surface area contributed by atoms with E-state index in [1.807, 2.05) is 21.8 Å². The number of likely N-dealkylation sites (tertiary alicyclic amines) is 1. The fraction of sp³-hybridized carbons (Fsp3) is 0.429. The van der Waals surface area contributed by atoms with Gasteiger partial charge >= 0.3 is 0 Å². The SMILES string of the molecule is O=C(c1coc(Br)c1)N1CCCCC1Cn1cccn1. The van der Waals surface area contributed by atoms with E-state index in [1.54, 1.807) is 12.3 Å². The van der Waals surface area contributed by atoms with Crippen LogP contribution in [0.4, 0.5) is 0 Å². The fourth-order valence-electron chi connectivity index (χ4n) is 2.67. The first kappa shape index (κ1) is 13.4. The highest BCUT2D eigenvalue weighted by Gasteiger charge is 2.28. The van der Waals surface area contributed by atoms with Gasteiger partial charge in [-0.25, -0.2) is 0 Å². The van der Waals surface area contributed by atoms with Crippen molar-refractivity contribution >= 4 is 21.8 Å². The highest BCUT2D eigenvalue weighted by Crippen LogP contribution is 2.23. The molecule has 2 aromatic heterocycles. The van der Waals surface area contributed by atoms with Gasteiger partial charge in [-0.05, 0) is 41.3 Å². The summed E-state index contributed by atoms with van der Waals surface area (Å²) in [6.07, 6.45) is 8.44. The molecule has 0 N–H and O–H groups in total. The van der Waals surface area contributed by atoms with Crippen LogP contribution in [-0.2, 0) is 6.54 Å². The van der Waals surface area contributed by atoms with Crippen molar-refractivity contribution in [2.75, 3.05) is 6.54 Å². The second-order valence-corrected chi connectivity index (χ2v) is 5.80. The number of piperidine rings is 1. The van der Waals surface area contributed by atoms with Crippen LogP contribution in [-0.4, -0.2) is 33.2 Å². The number of hydrogen-bond donors (Lipinski definition) is 0. The Morgan fingerprint density at radius 3 is 3.10 bits per heavy atom. The molecule has 1 unspecified atom stereocenters. The number of rotatable bonds is 3. The molecule has 0 aromatic carbocycles. The van der Waals surface area contributed by atoms with Crippen LogP contribution in [0.5, 0.6) is 0 Å². The predicted molar refractivity (Wildman–Crippen MR) is 77.3 cm³/mol. The zero-order valence-corrected chi connectivity index (χ0v) is 12.6. The molecule has 1 aliphatic heterocycles. The summed E-state index contributed by atoms with van der Waals surface area (Å²) >= 11 is 3.24. The van der Waals surface area contributed by atoms with Crippen molar-refractivity contribution in [3.05, 3.63) is 41.0 Å². The summed E-state index contributed by atoms with van der Waals surface area (Å²) in [5.41, 5.74) is 0.601. The molecule has 0 aliphatic carbocycles. The van der Waals surface area contributed by atoms with E-state index < -0.39 is 0 Å². The van der Waals surface area contributed by atoms with Gasteiger partial charge in [-0.1, -0.05) is 0 Å². The van der Waals surface area contributed by atoms with Crippen LogP contribution in [0.3, 0.4) is 0 Å². The molecule has 3 rings (SSSR count). The number of carbonyl (C=O) groups excluding carboxylic acids is 1. The first-order chi connectivity index (χ1) is 9.74. The van der Waals surface area contributed by atoms with Crippen LogP contribution in [0.25, 0.3) is 0 Å². The number of hydrogen-bond acceptors (Lipinski definition) is 3. The van der Waals surface area contributed by atoms with E-state index in [2.05, 4.69) is 21.0 Å². The molecule has 1 fully saturated rings. The second-order valence-electron chi connectivity index (χ2n) is 5.02. The molecular weight excluding hydrogens is 322 g/mol. The summed E-state index contributed by atoms with van der Waals surface area (Å²) in [6, 6.07) is 3.83. The fourth-order valence-corrected chi connectivity index (χ4v) is 3.01. The van der Waals surface area contributed by atoms with Crippen LogP contribution in [0.1, 0.15) is 29.6 Å². The van der Waals surface area contributed by atoms with Gasteiger partial charge in [0.1, 0.15) is 6.26 Å². The molecule has 0 spiro atoms. The Labute approximate surface area is 125 Å². The normalized spacial score (nSPS) is 19.2. The van der Waals surface area contributed by atoms with E-state index in [1.165, 1.54) is 6.26 Å². The Morgan fingerprint density at radius 2 is 2.40 bits per heavy atom. The maximum atomic E-state index is 12.6. The maximum absolute atomic E-state index is 12.6. The molecule has 0 radical (unpaired) electrons. The van der Waals surface area contributed by atoms with Gasteiger partial charge in [0.2, 0.25) is 0 Å². The molecule has 6 heteroatoms. The molecule has 1 aliphatic rings. The minimum atomic E-state index is 0.0382. The van der Waals surface area contributed by atoms with E-state index in [4.69, 9.17) is 4.42 Å². The summed E-state index contributed by atoms with van der Waals surface area (Å²) in [6.45, 7) is 1.55. The third kappa shape index (κ3) is 2.80. The third-order valence-corrected chi connectivity index (χ3v) is 4.08. The molecule has 0 saturated carbocycles. The lowest BCUT2D eigenvalue weighted by atomic mass is 10.0. The number of carbonyl (C=O) groups is 1. The largest absolute Gasteiger partial charge is 0.457 e. The third-order valence-electron chi connectivity index (χ3n) is 3.66. The zero-order chi connectivity index (χ0) is 13.9. The molecule has 1 atom stereocenters. The zero-order valence-electron chi connectivity index (χ0n) is 11.0. The van der Waals surface area contributed by atoms with Gasteiger partial charge < -0.3 is 9.32 Å². The topological polar surface area (TPSA) is 51.3 Å². The Kier molecular flexibility index (Phi) is 3.91. The first-order valence-corrected chi connectivity index (χ1v) is 7.56. The monoisotopic (exact) mass is 337 g/mol. The Hall–Kier alpha value is -1.56. The Bertz CT molecular complexity index is 579. The molecule has 2 aromatic rings. The lowest BCUT2D eigenvalue weighted by Gasteiger charge is -2.35. The van der Waals surface area contributed by atoms with Crippen LogP contribution < -0.4 is 0 Å². The number of furan rings is 1. The van der Waals surface area contributed by atoms with Crippen molar-refractivity contribution < 1.29 is 9.21 Å². The van der Waals surface area contributed by atoms with Gasteiger partial charge in [-0.2, -0.15) is 5.10 Å². The van der Waals surface area contributed by atoms with Crippen molar-refractivity contribution in [3.63, 3.8) is 0 Å². The smallest absolute Gasteiger partial charge is 0.257 e. The maximum Gasteiger partial charge on any atom is 0.257 e. The van der Waals surface area contributed by atoms with Gasteiger partial charge in [-0.15, -0.1) is 0 Å². The summed E-state index contributed by atoms with van der Waals surface area (Å²) < 4.78 is 7.64. The Morgan fingerprint density at radius 1 is 1.50 bits per heavy atom. The summed E-state index contributed by atoms with van der Waals surface area (Å²) in [7, 11) is 0. The molecule has 20 heavy (non-hydrogen) atoms. The standard InChI is InChI=1S/C14H16BrN3O2/c15-13-8-11(10-20-13)14(19)18-7-2-1-4-12(18)9-17-6-3-5-16-17/h3,5-6,8,10,12H,1-2,4,7,9H2. The minimum absolute atomic E-state index is 0.0382. The molecule has 3 heterocycles. The van der Waals surface area contributed by atoms with Gasteiger partial charge in [0.25, 0.3) is 5.91 Å². The van der Waals surface area contributed by atoms with Crippen molar-refractivity contribution in [3.8, 4) is 0 Å². The lowest BCUT2D eigenvalue weighted by Crippen LogP contribution is -2.45. The van der Waals surface area contributed by atoms with Gasteiger partial charge in [0.05, 0.1) is 18.2 Å². The summed E-state index contributed by atoms with van der Waals surface area (Å²) in [5, 5.41) is 4.23. The van der Waals surface area contributed by atoms with E-state index >= 15 is 0 Å². The quantitative estimate of drug-likeness (QED) is 0.865. The first-order valence-electron chi connectivity index (χ1n) is 6.76. The summed E-state index contributed by atoms with van der Waals surface area (Å²) in [5.74, 6) is 0.0382. The highest BCUT2D eigenvalue weighted by molar-refractivity contribution is 9.10. The van der Waals surface area contributed by atoms with Crippen LogP contribution in [0.15, 0.2) is 39.9 Å². The second kappa shape index (κ2) is 5.83. The molecule has 106 valence electrons. The number of amides is 1. The molecule has 0 bridgehead atoms. The van der Waals surface area contributed by atoms with Crippen molar-refractivity contribution in [2.24, 2.45) is 0 Å². The minimum Gasteiger partial charge on any atom is -0.457 e. The van der Waals surface area contributed by atoms with Crippen molar-refractivity contribution in [1.82, 2.24) is 14.7 Å². The molecule has 1 amide bonds. The van der Waals surface area contributed by atoms with Crippen LogP contribution in [0.2, 0.25) is 0 Å². The average Bonchev–Trinajstić information content (AvgIpc) is 3.10. The van der Waals surface area contributed by atoms with E-state index in [0.29, 0.717) is 10.2 Å². The predicted octanol–water partition coefficient (Wildman–Crippen LogP) is 2.93. The van der Waals surface area contributed by atoms with E-state index in [0.717, 1.165) is 32.4 Å². The number of halogens is 1. The van der Waals surface area contributed by atoms with Gasteiger partial charge in [-0.3, -0.25) is 9.48 Å². The van der Waals surface area contributed by atoms with Gasteiger partial charge in [0.15, 0.2) is 4.67 Å². The van der Waals surface area contributed by atoms with Gasteiger partial charge in [0, 0.05) is 25.0 Å².